The van der Waals surface area contributed by atoms with E-state index < -0.39 is 24.2 Å². The topological polar surface area (TPSA) is 15.8 Å². The van der Waals surface area contributed by atoms with Crippen LogP contribution in [-0.2, 0) is 0 Å². The lowest BCUT2D eigenvalue weighted by atomic mass is 10.1. The van der Waals surface area contributed by atoms with Crippen molar-refractivity contribution in [3.63, 3.8) is 0 Å². The van der Waals surface area contributed by atoms with Crippen molar-refractivity contribution in [1.82, 2.24) is 4.98 Å². The molecule has 1 N–H and O–H groups in total. The first-order chi connectivity index (χ1) is 7.89. The van der Waals surface area contributed by atoms with E-state index in [1.807, 2.05) is 0 Å². The molecule has 0 amide bonds. The normalized spacial score (nSPS) is 14.5. The first-order valence-electron chi connectivity index (χ1n) is 4.82. The fraction of sp³-hybridized carbons (Fsp3) is 0.273. The van der Waals surface area contributed by atoms with Crippen LogP contribution in [0.3, 0.4) is 0 Å². The van der Waals surface area contributed by atoms with Crippen LogP contribution in [0.1, 0.15) is 11.6 Å². The molecule has 92 valence electrons. The first-order valence-corrected chi connectivity index (χ1v) is 4.82. The van der Waals surface area contributed by atoms with Crippen LogP contribution in [0, 0.1) is 0 Å². The lowest BCUT2D eigenvalue weighted by Gasteiger charge is -2.17. The lowest BCUT2D eigenvalue weighted by Crippen LogP contribution is -2.27. The van der Waals surface area contributed by atoms with Gasteiger partial charge in [0.2, 0.25) is 0 Å². The summed E-state index contributed by atoms with van der Waals surface area (Å²) in [5.74, 6) is -2.77. The van der Waals surface area contributed by atoms with Crippen molar-refractivity contribution in [2.24, 2.45) is 0 Å². The Morgan fingerprint density at radius 3 is 2.24 bits per heavy atom. The standard InChI is InChI=1S/C11H8F5N/c12-10(13)9(11(14,15)16)8-5-6-3-1-2-4-7(6)17-8/h1-5,9-10,17H. The maximum Gasteiger partial charge on any atom is 0.402 e. The van der Waals surface area contributed by atoms with Gasteiger partial charge >= 0.3 is 6.18 Å². The Bertz CT molecular complexity index is 481. The van der Waals surface area contributed by atoms with Crippen LogP contribution < -0.4 is 0 Å². The molecule has 17 heavy (non-hydrogen) atoms. The number of nitrogens with one attached hydrogen (secondary N) is 1. The molecule has 6 heteroatoms. The van der Waals surface area contributed by atoms with Gasteiger partial charge in [0.25, 0.3) is 6.43 Å². The number of aromatic amines is 1. The fourth-order valence-electron chi connectivity index (χ4n) is 1.72. The van der Waals surface area contributed by atoms with Crippen molar-refractivity contribution >= 4 is 10.9 Å². The second-order valence-electron chi connectivity index (χ2n) is 3.67. The quantitative estimate of drug-likeness (QED) is 0.772. The molecular formula is C11H8F5N. The third-order valence-corrected chi connectivity index (χ3v) is 2.49. The minimum absolute atomic E-state index is 0.414. The summed E-state index contributed by atoms with van der Waals surface area (Å²) in [6.45, 7) is 0. The number of hydrogen-bond donors (Lipinski definition) is 1. The number of rotatable bonds is 2. The Morgan fingerprint density at radius 2 is 1.71 bits per heavy atom. The summed E-state index contributed by atoms with van der Waals surface area (Å²) in [5.41, 5.74) is -0.0916. The Morgan fingerprint density at radius 1 is 1.06 bits per heavy atom. The summed E-state index contributed by atoms with van der Waals surface area (Å²) < 4.78 is 62.4. The maximum absolute atomic E-state index is 12.5. The van der Waals surface area contributed by atoms with Crippen molar-refractivity contribution in [1.29, 1.82) is 0 Å². The molecular weight excluding hydrogens is 241 g/mol. The highest BCUT2D eigenvalue weighted by molar-refractivity contribution is 5.80. The molecule has 2 rings (SSSR count). The highest BCUT2D eigenvalue weighted by atomic mass is 19.4. The summed E-state index contributed by atoms with van der Waals surface area (Å²) in [5, 5.41) is 0.484. The van der Waals surface area contributed by atoms with Gasteiger partial charge in [-0.1, -0.05) is 18.2 Å². The lowest BCUT2D eigenvalue weighted by molar-refractivity contribution is -0.178. The Kier molecular flexibility index (Phi) is 2.81. The van der Waals surface area contributed by atoms with E-state index in [2.05, 4.69) is 4.98 Å². The van der Waals surface area contributed by atoms with Gasteiger partial charge in [0.05, 0.1) is 0 Å². The molecule has 0 bridgehead atoms. The van der Waals surface area contributed by atoms with E-state index in [0.29, 0.717) is 10.9 Å². The van der Waals surface area contributed by atoms with E-state index >= 15 is 0 Å². The van der Waals surface area contributed by atoms with Gasteiger partial charge in [-0.15, -0.1) is 0 Å². The zero-order chi connectivity index (χ0) is 12.6. The molecule has 0 aliphatic rings. The van der Waals surface area contributed by atoms with Crippen LogP contribution in [0.25, 0.3) is 10.9 Å². The minimum atomic E-state index is -4.96. The minimum Gasteiger partial charge on any atom is -0.358 e. The third kappa shape index (κ3) is 2.25. The molecule has 1 atom stereocenters. The summed E-state index contributed by atoms with van der Waals surface area (Å²) >= 11 is 0. The smallest absolute Gasteiger partial charge is 0.358 e. The molecule has 0 fully saturated rings. The van der Waals surface area contributed by atoms with Crippen molar-refractivity contribution in [3.05, 3.63) is 36.0 Å². The monoisotopic (exact) mass is 249 g/mol. The highest BCUT2D eigenvalue weighted by Gasteiger charge is 2.47. The van der Waals surface area contributed by atoms with Crippen LogP contribution in [0.5, 0.6) is 0 Å². The second kappa shape index (κ2) is 4.01. The van der Waals surface area contributed by atoms with Crippen LogP contribution in [0.2, 0.25) is 0 Å². The molecule has 1 aromatic heterocycles. The van der Waals surface area contributed by atoms with Crippen molar-refractivity contribution in [2.75, 3.05) is 0 Å². The van der Waals surface area contributed by atoms with Gasteiger partial charge in [-0.3, -0.25) is 0 Å². The molecule has 0 aliphatic carbocycles. The van der Waals surface area contributed by atoms with Crippen LogP contribution >= 0.6 is 0 Å². The van der Waals surface area contributed by atoms with E-state index in [9.17, 15) is 22.0 Å². The SMILES string of the molecule is FC(F)C(c1cc2ccccc2[nH]1)C(F)(F)F. The molecule has 0 aliphatic heterocycles. The van der Waals surface area contributed by atoms with Gasteiger partial charge in [-0.2, -0.15) is 13.2 Å². The highest BCUT2D eigenvalue weighted by Crippen LogP contribution is 2.39. The number of fused-ring (bicyclic) bond motifs is 1. The van der Waals surface area contributed by atoms with Gasteiger partial charge in [0.15, 0.2) is 5.92 Å². The summed E-state index contributed by atoms with van der Waals surface area (Å²) in [6, 6.07) is 7.46. The summed E-state index contributed by atoms with van der Waals surface area (Å²) in [4.78, 5) is 2.38. The largest absolute Gasteiger partial charge is 0.402 e. The van der Waals surface area contributed by atoms with E-state index in [4.69, 9.17) is 0 Å². The maximum atomic E-state index is 12.5. The predicted octanol–water partition coefficient (Wildman–Crippen LogP) is 4.08. The van der Waals surface area contributed by atoms with E-state index in [0.717, 1.165) is 6.07 Å². The number of hydrogen-bond acceptors (Lipinski definition) is 0. The zero-order valence-corrected chi connectivity index (χ0v) is 8.43. The second-order valence-corrected chi connectivity index (χ2v) is 3.67. The van der Waals surface area contributed by atoms with Crippen molar-refractivity contribution < 1.29 is 22.0 Å². The van der Waals surface area contributed by atoms with Gasteiger partial charge < -0.3 is 4.98 Å². The van der Waals surface area contributed by atoms with Gasteiger partial charge in [-0.05, 0) is 17.5 Å². The average Bonchev–Trinajstić information content (AvgIpc) is 2.56. The molecule has 1 unspecified atom stereocenters. The Balaban J connectivity index is 2.49. The number of aromatic nitrogens is 1. The predicted molar refractivity (Wildman–Crippen MR) is 53.1 cm³/mol. The number of para-hydroxylation sites is 1. The number of alkyl halides is 5. The average molecular weight is 249 g/mol. The number of halogens is 5. The summed E-state index contributed by atoms with van der Waals surface area (Å²) in [6.07, 6.45) is -8.45. The van der Waals surface area contributed by atoms with Gasteiger partial charge in [0, 0.05) is 11.2 Å². The zero-order valence-electron chi connectivity index (χ0n) is 8.43. The molecule has 0 spiro atoms. The van der Waals surface area contributed by atoms with Crippen molar-refractivity contribution in [2.45, 2.75) is 18.5 Å². The molecule has 0 saturated carbocycles. The van der Waals surface area contributed by atoms with E-state index in [1.165, 1.54) is 6.07 Å². The van der Waals surface area contributed by atoms with Crippen LogP contribution in [0.15, 0.2) is 30.3 Å². The Labute approximate surface area is 93.2 Å². The number of H-pyrrole nitrogens is 1. The fourth-order valence-corrected chi connectivity index (χ4v) is 1.72. The molecule has 1 nitrogen and oxygen atoms in total. The molecule has 1 heterocycles. The first kappa shape index (κ1) is 11.9. The Hall–Kier alpha value is -1.59. The third-order valence-electron chi connectivity index (χ3n) is 2.49. The van der Waals surface area contributed by atoms with Crippen LogP contribution in [-0.4, -0.2) is 17.6 Å². The molecule has 2 aromatic rings. The molecule has 0 saturated heterocycles. The summed E-state index contributed by atoms with van der Waals surface area (Å²) in [7, 11) is 0. The number of benzene rings is 1. The van der Waals surface area contributed by atoms with E-state index in [-0.39, 0.29) is 0 Å². The van der Waals surface area contributed by atoms with Gasteiger partial charge in [-0.25, -0.2) is 8.78 Å². The van der Waals surface area contributed by atoms with Gasteiger partial charge in [0.1, 0.15) is 0 Å². The van der Waals surface area contributed by atoms with E-state index in [1.54, 1.807) is 18.2 Å². The molecule has 0 radical (unpaired) electrons. The molecule has 1 aromatic carbocycles. The van der Waals surface area contributed by atoms with Crippen molar-refractivity contribution in [3.8, 4) is 0 Å². The van der Waals surface area contributed by atoms with Crippen LogP contribution in [0.4, 0.5) is 22.0 Å².